The van der Waals surface area contributed by atoms with Gasteiger partial charge in [0.25, 0.3) is 0 Å². The van der Waals surface area contributed by atoms with E-state index in [1.807, 2.05) is 27.0 Å². The number of aryl methyl sites for hydroxylation is 1. The first-order valence-electron chi connectivity index (χ1n) is 7.95. The van der Waals surface area contributed by atoms with Crippen molar-refractivity contribution in [3.8, 4) is 11.4 Å². The molecule has 1 N–H and O–H groups in total. The summed E-state index contributed by atoms with van der Waals surface area (Å²) in [6, 6.07) is 5.05. The third-order valence-corrected chi connectivity index (χ3v) is 3.77. The molecule has 26 heavy (non-hydrogen) atoms. The molecule has 0 spiro atoms. The predicted octanol–water partition coefficient (Wildman–Crippen LogP) is 3.54. The number of hydrogen-bond acceptors (Lipinski definition) is 4. The fourth-order valence-corrected chi connectivity index (χ4v) is 2.72. The number of fused-ring (bicyclic) bond motifs is 1. The number of hydrogen-bond donors (Lipinski definition) is 1. The number of carbonyl (C=O) groups excluding carboxylic acids is 1. The van der Waals surface area contributed by atoms with Gasteiger partial charge >= 0.3 is 12.1 Å². The van der Waals surface area contributed by atoms with Crippen LogP contribution in [-0.2, 0) is 17.5 Å². The van der Waals surface area contributed by atoms with Crippen LogP contribution in [-0.4, -0.2) is 26.7 Å². The lowest BCUT2D eigenvalue weighted by molar-refractivity contribution is -0.159. The Morgan fingerprint density at radius 1 is 1.35 bits per heavy atom. The molecular formula is C17H17F3N4O2. The standard InChI is InChI=1S/C17H17F3N4O2/c1-9(2)21-14(25)8-24-7-10(3)12-5-4-11(6-13(12)24)15-22-16(26-23-15)17(18,19)20/h4-7,9H,8H2,1-3H3,(H,21,25). The van der Waals surface area contributed by atoms with Gasteiger partial charge in [-0.1, -0.05) is 17.3 Å². The summed E-state index contributed by atoms with van der Waals surface area (Å²) in [7, 11) is 0. The van der Waals surface area contributed by atoms with Gasteiger partial charge in [-0.15, -0.1) is 0 Å². The summed E-state index contributed by atoms with van der Waals surface area (Å²) in [6.45, 7) is 5.73. The van der Waals surface area contributed by atoms with Crippen molar-refractivity contribution in [3.63, 3.8) is 0 Å². The minimum Gasteiger partial charge on any atom is -0.352 e. The minimum atomic E-state index is -4.69. The van der Waals surface area contributed by atoms with Crippen LogP contribution in [0.3, 0.4) is 0 Å². The zero-order valence-electron chi connectivity index (χ0n) is 14.4. The molecule has 2 heterocycles. The Morgan fingerprint density at radius 2 is 2.08 bits per heavy atom. The van der Waals surface area contributed by atoms with Crippen LogP contribution < -0.4 is 5.32 Å². The zero-order chi connectivity index (χ0) is 19.1. The molecule has 0 aliphatic heterocycles. The fourth-order valence-electron chi connectivity index (χ4n) is 2.72. The van der Waals surface area contributed by atoms with Gasteiger partial charge in [0, 0.05) is 28.7 Å². The SMILES string of the molecule is Cc1cn(CC(=O)NC(C)C)c2cc(-c3noc(C(F)(F)F)n3)ccc12. The highest BCUT2D eigenvalue weighted by Crippen LogP contribution is 2.31. The molecule has 2 aromatic heterocycles. The van der Waals surface area contributed by atoms with E-state index in [-0.39, 0.29) is 24.3 Å². The van der Waals surface area contributed by atoms with Crippen LogP contribution in [0.4, 0.5) is 13.2 Å². The zero-order valence-corrected chi connectivity index (χ0v) is 14.4. The minimum absolute atomic E-state index is 0.0149. The molecule has 0 saturated carbocycles. The number of aromatic nitrogens is 3. The largest absolute Gasteiger partial charge is 0.471 e. The van der Waals surface area contributed by atoms with Crippen LogP contribution in [0.25, 0.3) is 22.3 Å². The number of carbonyl (C=O) groups is 1. The number of nitrogens with zero attached hydrogens (tertiary/aromatic N) is 3. The predicted molar refractivity (Wildman–Crippen MR) is 88.2 cm³/mol. The van der Waals surface area contributed by atoms with Gasteiger partial charge in [-0.25, -0.2) is 0 Å². The lowest BCUT2D eigenvalue weighted by atomic mass is 10.1. The number of amides is 1. The van der Waals surface area contributed by atoms with E-state index in [0.29, 0.717) is 11.1 Å². The van der Waals surface area contributed by atoms with E-state index in [1.165, 1.54) is 0 Å². The molecule has 138 valence electrons. The Kier molecular flexibility index (Phi) is 4.47. The Hall–Kier alpha value is -2.84. The number of benzene rings is 1. The maximum Gasteiger partial charge on any atom is 0.471 e. The normalized spacial score (nSPS) is 12.1. The van der Waals surface area contributed by atoms with E-state index in [4.69, 9.17) is 0 Å². The van der Waals surface area contributed by atoms with E-state index in [9.17, 15) is 18.0 Å². The van der Waals surface area contributed by atoms with Crippen molar-refractivity contribution in [2.45, 2.75) is 39.5 Å². The van der Waals surface area contributed by atoms with Crippen molar-refractivity contribution in [1.82, 2.24) is 20.0 Å². The third kappa shape index (κ3) is 3.56. The van der Waals surface area contributed by atoms with Crippen LogP contribution >= 0.6 is 0 Å². The molecule has 0 radical (unpaired) electrons. The van der Waals surface area contributed by atoms with Gasteiger partial charge in [0.2, 0.25) is 11.7 Å². The molecule has 0 fully saturated rings. The summed E-state index contributed by atoms with van der Waals surface area (Å²) in [4.78, 5) is 15.5. The Balaban J connectivity index is 1.98. The average Bonchev–Trinajstić information content (AvgIpc) is 3.12. The van der Waals surface area contributed by atoms with Crippen molar-refractivity contribution in [3.05, 3.63) is 35.9 Å². The highest BCUT2D eigenvalue weighted by atomic mass is 19.4. The lowest BCUT2D eigenvalue weighted by Crippen LogP contribution is -2.32. The van der Waals surface area contributed by atoms with E-state index in [0.717, 1.165) is 10.9 Å². The van der Waals surface area contributed by atoms with Crippen LogP contribution in [0.2, 0.25) is 0 Å². The molecule has 6 nitrogen and oxygen atoms in total. The van der Waals surface area contributed by atoms with Gasteiger partial charge in [-0.3, -0.25) is 4.79 Å². The number of rotatable bonds is 4. The molecule has 3 aromatic rings. The van der Waals surface area contributed by atoms with Crippen LogP contribution in [0.15, 0.2) is 28.9 Å². The molecule has 3 rings (SSSR count). The Morgan fingerprint density at radius 3 is 2.69 bits per heavy atom. The molecule has 0 aliphatic rings. The molecule has 1 aromatic carbocycles. The van der Waals surface area contributed by atoms with Crippen molar-refractivity contribution in [1.29, 1.82) is 0 Å². The number of nitrogens with one attached hydrogen (secondary N) is 1. The maximum absolute atomic E-state index is 12.6. The van der Waals surface area contributed by atoms with Gasteiger partial charge in [0.15, 0.2) is 0 Å². The Labute approximate surface area is 147 Å². The first-order valence-corrected chi connectivity index (χ1v) is 7.95. The average molecular weight is 366 g/mol. The van der Waals surface area contributed by atoms with Gasteiger partial charge in [0.1, 0.15) is 6.54 Å². The molecule has 1 amide bonds. The van der Waals surface area contributed by atoms with Crippen molar-refractivity contribution >= 4 is 16.8 Å². The second kappa shape index (κ2) is 6.47. The number of halogens is 3. The van der Waals surface area contributed by atoms with Crippen LogP contribution in [0.1, 0.15) is 25.3 Å². The topological polar surface area (TPSA) is 73.0 Å². The second-order valence-corrected chi connectivity index (χ2v) is 6.32. The quantitative estimate of drug-likeness (QED) is 0.767. The molecule has 0 bridgehead atoms. The first kappa shape index (κ1) is 18.0. The Bertz CT molecular complexity index is 957. The first-order chi connectivity index (χ1) is 12.1. The van der Waals surface area contributed by atoms with Gasteiger partial charge in [0.05, 0.1) is 0 Å². The van der Waals surface area contributed by atoms with E-state index in [2.05, 4.69) is 20.0 Å². The summed E-state index contributed by atoms with van der Waals surface area (Å²) in [5, 5.41) is 7.10. The van der Waals surface area contributed by atoms with Gasteiger partial charge in [-0.2, -0.15) is 18.2 Å². The highest BCUT2D eigenvalue weighted by molar-refractivity contribution is 5.89. The summed E-state index contributed by atoms with van der Waals surface area (Å²) in [6.07, 6.45) is -2.87. The smallest absolute Gasteiger partial charge is 0.352 e. The molecular weight excluding hydrogens is 349 g/mol. The van der Waals surface area contributed by atoms with Crippen LogP contribution in [0.5, 0.6) is 0 Å². The molecule has 0 aliphatic carbocycles. The molecule has 0 unspecified atom stereocenters. The van der Waals surface area contributed by atoms with Crippen molar-refractivity contribution in [2.75, 3.05) is 0 Å². The lowest BCUT2D eigenvalue weighted by Gasteiger charge is -2.10. The summed E-state index contributed by atoms with van der Waals surface area (Å²) < 4.78 is 43.9. The molecule has 0 atom stereocenters. The van der Waals surface area contributed by atoms with Crippen LogP contribution in [0, 0.1) is 6.92 Å². The van der Waals surface area contributed by atoms with E-state index < -0.39 is 12.1 Å². The molecule has 9 heteroatoms. The summed E-state index contributed by atoms with van der Waals surface area (Å²) in [5.41, 5.74) is 2.03. The highest BCUT2D eigenvalue weighted by Gasteiger charge is 2.38. The molecule has 0 saturated heterocycles. The van der Waals surface area contributed by atoms with Gasteiger partial charge < -0.3 is 14.4 Å². The fraction of sp³-hybridized carbons (Fsp3) is 0.353. The monoisotopic (exact) mass is 366 g/mol. The van der Waals surface area contributed by atoms with E-state index in [1.54, 1.807) is 22.8 Å². The maximum atomic E-state index is 12.6. The third-order valence-electron chi connectivity index (χ3n) is 3.77. The summed E-state index contributed by atoms with van der Waals surface area (Å²) >= 11 is 0. The summed E-state index contributed by atoms with van der Waals surface area (Å²) in [5.74, 6) is -1.70. The van der Waals surface area contributed by atoms with Gasteiger partial charge in [-0.05, 0) is 32.4 Å². The second-order valence-electron chi connectivity index (χ2n) is 6.32. The van der Waals surface area contributed by atoms with Crippen molar-refractivity contribution < 1.29 is 22.5 Å². The van der Waals surface area contributed by atoms with Crippen molar-refractivity contribution in [2.24, 2.45) is 0 Å². The van der Waals surface area contributed by atoms with E-state index >= 15 is 0 Å². The number of alkyl halides is 3.